The highest BCUT2D eigenvalue weighted by atomic mass is 16.3. The fraction of sp³-hybridized carbons (Fsp3) is 0. The summed E-state index contributed by atoms with van der Waals surface area (Å²) in [7, 11) is 0. The number of para-hydroxylation sites is 1. The maximum atomic E-state index is 9.65. The molecule has 1 heterocycles. The van der Waals surface area contributed by atoms with Gasteiger partial charge in [-0.25, -0.2) is 0 Å². The van der Waals surface area contributed by atoms with E-state index in [1.54, 1.807) is 0 Å². The number of furan rings is 1. The highest BCUT2D eigenvalue weighted by Gasteiger charge is 2.22. The van der Waals surface area contributed by atoms with Gasteiger partial charge in [-0.05, 0) is 84.7 Å². The second-order valence-electron chi connectivity index (χ2n) is 11.2. The molecule has 9 rings (SSSR count). The molecular formula is C44H28O. The van der Waals surface area contributed by atoms with Crippen molar-refractivity contribution in [2.24, 2.45) is 0 Å². The monoisotopic (exact) mass is 578 g/mol. The lowest BCUT2D eigenvalue weighted by Crippen LogP contribution is -1.93. The van der Waals surface area contributed by atoms with Gasteiger partial charge in [0.05, 0.1) is 8.22 Å². The fourth-order valence-electron chi connectivity index (χ4n) is 6.73. The van der Waals surface area contributed by atoms with Gasteiger partial charge in [0.2, 0.25) is 0 Å². The van der Waals surface area contributed by atoms with Gasteiger partial charge < -0.3 is 4.42 Å². The SMILES string of the molecule is [2H]c1c([2H])c([2H])c2c(oc3c([2H])c([2H])c(-c4c5ccccc5c(-c5cccc(-c6ccccc6)c5)c5ccccc45)c(-c4ccccc4)c32)c1[2H]. The normalized spacial score (nSPS) is 13.4. The fourth-order valence-corrected chi connectivity index (χ4v) is 6.73. The van der Waals surface area contributed by atoms with Gasteiger partial charge in [0.15, 0.2) is 0 Å². The van der Waals surface area contributed by atoms with E-state index in [1.807, 2.05) is 72.8 Å². The number of fused-ring (bicyclic) bond motifs is 5. The summed E-state index contributed by atoms with van der Waals surface area (Å²) in [5.41, 5.74) is 6.99. The summed E-state index contributed by atoms with van der Waals surface area (Å²) in [6.45, 7) is 0. The quantitative estimate of drug-likeness (QED) is 0.189. The zero-order valence-corrected chi connectivity index (χ0v) is 24.1. The first kappa shape index (κ1) is 20.1. The minimum Gasteiger partial charge on any atom is -0.456 e. The third kappa shape index (κ3) is 4.09. The molecule has 0 fully saturated rings. The molecule has 0 radical (unpaired) electrons. The largest absolute Gasteiger partial charge is 0.456 e. The van der Waals surface area contributed by atoms with E-state index in [0.717, 1.165) is 54.9 Å². The molecule has 45 heavy (non-hydrogen) atoms. The lowest BCUT2D eigenvalue weighted by molar-refractivity contribution is 0.669. The second-order valence-corrected chi connectivity index (χ2v) is 11.2. The van der Waals surface area contributed by atoms with Crippen LogP contribution in [0.4, 0.5) is 0 Å². The van der Waals surface area contributed by atoms with Gasteiger partial charge >= 0.3 is 0 Å². The lowest BCUT2D eigenvalue weighted by atomic mass is 9.82. The summed E-state index contributed by atoms with van der Waals surface area (Å²) in [6.07, 6.45) is 0. The Balaban J connectivity index is 1.48. The van der Waals surface area contributed by atoms with Crippen LogP contribution in [-0.4, -0.2) is 0 Å². The van der Waals surface area contributed by atoms with Crippen molar-refractivity contribution in [3.8, 4) is 44.5 Å². The van der Waals surface area contributed by atoms with Gasteiger partial charge in [-0.3, -0.25) is 0 Å². The number of hydrogen-bond donors (Lipinski definition) is 0. The Morgan fingerprint density at radius 2 is 0.933 bits per heavy atom. The van der Waals surface area contributed by atoms with E-state index in [9.17, 15) is 2.74 Å². The van der Waals surface area contributed by atoms with Gasteiger partial charge in [-0.1, -0.05) is 146 Å². The van der Waals surface area contributed by atoms with Crippen LogP contribution < -0.4 is 0 Å². The number of hydrogen-bond acceptors (Lipinski definition) is 1. The summed E-state index contributed by atoms with van der Waals surface area (Å²) in [5, 5.41) is 4.37. The number of rotatable bonds is 4. The summed E-state index contributed by atoms with van der Waals surface area (Å²) in [6, 6.07) is 43.2. The molecule has 0 aliphatic heterocycles. The van der Waals surface area contributed by atoms with Gasteiger partial charge in [0, 0.05) is 16.3 Å². The van der Waals surface area contributed by atoms with E-state index in [2.05, 4.69) is 60.7 Å². The molecule has 0 unspecified atom stereocenters. The van der Waals surface area contributed by atoms with Crippen molar-refractivity contribution in [1.29, 1.82) is 0 Å². The van der Waals surface area contributed by atoms with Crippen molar-refractivity contribution in [2.45, 2.75) is 0 Å². The third-order valence-corrected chi connectivity index (χ3v) is 8.64. The molecule has 0 aliphatic carbocycles. The highest BCUT2D eigenvalue weighted by molar-refractivity contribution is 6.25. The summed E-state index contributed by atoms with van der Waals surface area (Å²) < 4.78 is 59.6. The van der Waals surface area contributed by atoms with E-state index in [1.165, 1.54) is 0 Å². The molecule has 1 heteroatoms. The van der Waals surface area contributed by atoms with Crippen molar-refractivity contribution in [3.05, 3.63) is 170 Å². The van der Waals surface area contributed by atoms with Crippen molar-refractivity contribution in [3.63, 3.8) is 0 Å². The maximum Gasteiger partial charge on any atom is 0.136 e. The standard InChI is InChI=1S/C44H28O/c1-3-14-29(15-4-1)31-18-13-19-32(28-31)41-33-20-7-9-22-35(33)43(36-23-10-8-21-34(36)41)38-26-27-40-44(37-24-11-12-25-39(37)45-40)42(38)30-16-5-2-6-17-30/h1-28H/i11D,12D,24D,25D,26D,27D. The Morgan fingerprint density at radius 3 is 1.62 bits per heavy atom. The molecule has 8 aromatic carbocycles. The lowest BCUT2D eigenvalue weighted by Gasteiger charge is -2.20. The molecule has 0 atom stereocenters. The first-order valence-electron chi connectivity index (χ1n) is 18.0. The Hall–Kier alpha value is -5.92. The van der Waals surface area contributed by atoms with Crippen molar-refractivity contribution in [1.82, 2.24) is 0 Å². The van der Waals surface area contributed by atoms with Crippen LogP contribution in [0, 0.1) is 0 Å². The highest BCUT2D eigenvalue weighted by Crippen LogP contribution is 2.49. The van der Waals surface area contributed by atoms with E-state index in [0.29, 0.717) is 16.5 Å². The van der Waals surface area contributed by atoms with E-state index in [4.69, 9.17) is 9.90 Å². The Kier molecular flexibility index (Phi) is 4.63. The van der Waals surface area contributed by atoms with E-state index in [-0.39, 0.29) is 46.8 Å². The van der Waals surface area contributed by atoms with Crippen LogP contribution in [0.15, 0.2) is 174 Å². The molecule has 1 nitrogen and oxygen atoms in total. The predicted octanol–water partition coefficient (Wildman–Crippen LogP) is 12.6. The molecule has 0 aliphatic rings. The molecule has 0 saturated heterocycles. The van der Waals surface area contributed by atoms with Crippen LogP contribution in [0.3, 0.4) is 0 Å². The molecular weight excluding hydrogens is 544 g/mol. The minimum absolute atomic E-state index is 0.0263. The van der Waals surface area contributed by atoms with Crippen LogP contribution >= 0.6 is 0 Å². The maximum absolute atomic E-state index is 9.65. The average molecular weight is 579 g/mol. The van der Waals surface area contributed by atoms with E-state index >= 15 is 0 Å². The van der Waals surface area contributed by atoms with Gasteiger partial charge in [0.1, 0.15) is 11.2 Å². The minimum atomic E-state index is -0.408. The first-order chi connectivity index (χ1) is 24.8. The summed E-state index contributed by atoms with van der Waals surface area (Å²) >= 11 is 0. The molecule has 0 N–H and O–H groups in total. The molecule has 9 aromatic rings. The van der Waals surface area contributed by atoms with Crippen LogP contribution in [0.1, 0.15) is 8.22 Å². The van der Waals surface area contributed by atoms with Crippen molar-refractivity contribution < 1.29 is 12.6 Å². The topological polar surface area (TPSA) is 13.1 Å². The van der Waals surface area contributed by atoms with Crippen molar-refractivity contribution in [2.75, 3.05) is 0 Å². The van der Waals surface area contributed by atoms with Crippen LogP contribution in [0.5, 0.6) is 0 Å². The third-order valence-electron chi connectivity index (χ3n) is 8.64. The Morgan fingerprint density at radius 1 is 0.378 bits per heavy atom. The summed E-state index contributed by atoms with van der Waals surface area (Å²) in [4.78, 5) is 0. The molecule has 0 bridgehead atoms. The Labute approximate surface area is 270 Å². The molecule has 0 saturated carbocycles. The molecule has 210 valence electrons. The van der Waals surface area contributed by atoms with Crippen molar-refractivity contribution >= 4 is 43.5 Å². The molecule has 0 spiro atoms. The zero-order chi connectivity index (χ0) is 35.0. The number of benzene rings is 8. The van der Waals surface area contributed by atoms with Gasteiger partial charge in [-0.2, -0.15) is 0 Å². The second kappa shape index (κ2) is 10.4. The smallest absolute Gasteiger partial charge is 0.136 e. The van der Waals surface area contributed by atoms with Gasteiger partial charge in [0.25, 0.3) is 0 Å². The zero-order valence-electron chi connectivity index (χ0n) is 30.1. The Bertz CT molecular complexity index is 2800. The van der Waals surface area contributed by atoms with Crippen LogP contribution in [0.2, 0.25) is 0 Å². The van der Waals surface area contributed by atoms with E-state index < -0.39 is 6.04 Å². The summed E-state index contributed by atoms with van der Waals surface area (Å²) in [5.74, 6) is 0. The predicted molar refractivity (Wildman–Crippen MR) is 190 cm³/mol. The van der Waals surface area contributed by atoms with Crippen LogP contribution in [-0.2, 0) is 0 Å². The molecule has 0 amide bonds. The molecule has 1 aromatic heterocycles. The van der Waals surface area contributed by atoms with Gasteiger partial charge in [-0.15, -0.1) is 0 Å². The average Bonchev–Trinajstić information content (AvgIpc) is 3.58. The van der Waals surface area contributed by atoms with Crippen LogP contribution in [0.25, 0.3) is 88.0 Å². The first-order valence-corrected chi connectivity index (χ1v) is 15.0.